The van der Waals surface area contributed by atoms with Crippen molar-refractivity contribution in [2.24, 2.45) is 0 Å². The molecule has 3 aromatic heterocycles. The Bertz CT molecular complexity index is 1060. The van der Waals surface area contributed by atoms with Gasteiger partial charge >= 0.3 is 0 Å². The summed E-state index contributed by atoms with van der Waals surface area (Å²) in [6.45, 7) is 1.11. The summed E-state index contributed by atoms with van der Waals surface area (Å²) >= 11 is 1.61. The first-order valence-electron chi connectivity index (χ1n) is 8.99. The maximum absolute atomic E-state index is 13.1. The lowest BCUT2D eigenvalue weighted by Crippen LogP contribution is -2.29. The molecule has 5 rings (SSSR count). The Morgan fingerprint density at radius 1 is 1.14 bits per heavy atom. The quantitative estimate of drug-likeness (QED) is 0.575. The van der Waals surface area contributed by atoms with Crippen molar-refractivity contribution in [1.82, 2.24) is 25.2 Å². The molecule has 0 unspecified atom stereocenters. The zero-order valence-electron chi connectivity index (χ0n) is 14.9. The van der Waals surface area contributed by atoms with E-state index in [1.54, 1.807) is 11.3 Å². The Morgan fingerprint density at radius 2 is 2.00 bits per heavy atom. The van der Waals surface area contributed by atoms with Crippen molar-refractivity contribution >= 4 is 17.2 Å². The van der Waals surface area contributed by atoms with Gasteiger partial charge in [-0.1, -0.05) is 41.6 Å². The Balaban J connectivity index is 1.42. The molecule has 1 amide bonds. The molecule has 1 N–H and O–H groups in total. The van der Waals surface area contributed by atoms with Crippen LogP contribution < -0.4 is 0 Å². The van der Waals surface area contributed by atoms with Crippen molar-refractivity contribution in [2.45, 2.75) is 11.8 Å². The van der Waals surface area contributed by atoms with E-state index < -0.39 is 0 Å². The van der Waals surface area contributed by atoms with Gasteiger partial charge in [-0.2, -0.15) is 10.1 Å². The SMILES string of the molecule is O=C(c1cc(-c2cccs2)[nH]n1)N1C[C@@H](c2ccccc2)[C@H](c2ncon2)C1. The van der Waals surface area contributed by atoms with Gasteiger partial charge in [0.15, 0.2) is 11.5 Å². The molecular weight excluding hydrogens is 374 g/mol. The molecule has 1 fully saturated rings. The number of likely N-dealkylation sites (tertiary alicyclic amines) is 1. The van der Waals surface area contributed by atoms with Crippen LogP contribution in [0.2, 0.25) is 0 Å². The van der Waals surface area contributed by atoms with E-state index in [0.717, 1.165) is 16.1 Å². The third-order valence-electron chi connectivity index (χ3n) is 5.13. The van der Waals surface area contributed by atoms with Crippen LogP contribution in [0.5, 0.6) is 0 Å². The maximum atomic E-state index is 13.1. The molecule has 1 saturated heterocycles. The van der Waals surface area contributed by atoms with Crippen molar-refractivity contribution in [3.63, 3.8) is 0 Å². The number of H-pyrrole nitrogens is 1. The van der Waals surface area contributed by atoms with Crippen LogP contribution in [0.1, 0.15) is 33.7 Å². The highest BCUT2D eigenvalue weighted by Gasteiger charge is 2.40. The van der Waals surface area contributed by atoms with Gasteiger partial charge in [0.25, 0.3) is 5.91 Å². The summed E-state index contributed by atoms with van der Waals surface area (Å²) in [6.07, 6.45) is 1.34. The molecule has 0 aliphatic carbocycles. The predicted molar refractivity (Wildman–Crippen MR) is 104 cm³/mol. The molecule has 7 nitrogen and oxygen atoms in total. The van der Waals surface area contributed by atoms with E-state index in [4.69, 9.17) is 4.52 Å². The summed E-state index contributed by atoms with van der Waals surface area (Å²) in [6, 6.07) is 15.9. The van der Waals surface area contributed by atoms with E-state index in [1.165, 1.54) is 6.39 Å². The normalized spacial score (nSPS) is 19.2. The number of hydrogen-bond donors (Lipinski definition) is 1. The second-order valence-corrected chi connectivity index (χ2v) is 7.72. The summed E-state index contributed by atoms with van der Waals surface area (Å²) in [5.41, 5.74) is 2.43. The first-order valence-corrected chi connectivity index (χ1v) is 9.87. The van der Waals surface area contributed by atoms with Crippen LogP contribution in [0.4, 0.5) is 0 Å². The standard InChI is InChI=1S/C20H17N5O2S/c26-20(17-9-16(22-23-17)18-7-4-8-28-18)25-10-14(13-5-2-1-3-6-13)15(11-25)19-21-12-27-24-19/h1-9,12,14-15H,10-11H2,(H,22,23)/t14-,15+/m0/s1. The van der Waals surface area contributed by atoms with Crippen molar-refractivity contribution < 1.29 is 9.32 Å². The van der Waals surface area contributed by atoms with Gasteiger partial charge in [0.2, 0.25) is 6.39 Å². The monoisotopic (exact) mass is 391 g/mol. The lowest BCUT2D eigenvalue weighted by atomic mass is 9.88. The molecule has 140 valence electrons. The number of nitrogens with one attached hydrogen (secondary N) is 1. The molecule has 0 bridgehead atoms. The number of thiophene rings is 1. The van der Waals surface area contributed by atoms with Gasteiger partial charge in [0.1, 0.15) is 0 Å². The minimum Gasteiger partial charge on any atom is -0.343 e. The highest BCUT2D eigenvalue weighted by atomic mass is 32.1. The predicted octanol–water partition coefficient (Wildman–Crippen LogP) is 3.54. The zero-order valence-corrected chi connectivity index (χ0v) is 15.7. The number of aromatic nitrogens is 4. The second kappa shape index (κ2) is 7.05. The van der Waals surface area contributed by atoms with Gasteiger partial charge in [-0.25, -0.2) is 0 Å². The number of carbonyl (C=O) groups excluding carboxylic acids is 1. The molecule has 4 heterocycles. The van der Waals surface area contributed by atoms with Gasteiger partial charge in [-0.3, -0.25) is 9.89 Å². The van der Waals surface area contributed by atoms with Gasteiger partial charge in [-0.05, 0) is 23.1 Å². The van der Waals surface area contributed by atoms with E-state index >= 15 is 0 Å². The van der Waals surface area contributed by atoms with Crippen molar-refractivity contribution in [3.05, 3.63) is 77.4 Å². The van der Waals surface area contributed by atoms with Crippen molar-refractivity contribution in [2.75, 3.05) is 13.1 Å². The fourth-order valence-electron chi connectivity index (χ4n) is 3.76. The van der Waals surface area contributed by atoms with Crippen LogP contribution >= 0.6 is 11.3 Å². The lowest BCUT2D eigenvalue weighted by Gasteiger charge is -2.15. The molecule has 4 aromatic rings. The second-order valence-electron chi connectivity index (χ2n) is 6.77. The fourth-order valence-corrected chi connectivity index (χ4v) is 4.46. The lowest BCUT2D eigenvalue weighted by molar-refractivity contribution is 0.0783. The van der Waals surface area contributed by atoms with E-state index in [2.05, 4.69) is 32.5 Å². The van der Waals surface area contributed by atoms with Crippen LogP contribution in [0.25, 0.3) is 10.6 Å². The largest absolute Gasteiger partial charge is 0.343 e. The summed E-state index contributed by atoms with van der Waals surface area (Å²) < 4.78 is 4.96. The third kappa shape index (κ3) is 3.01. The number of hydrogen-bond acceptors (Lipinski definition) is 6. The molecule has 28 heavy (non-hydrogen) atoms. The number of carbonyl (C=O) groups is 1. The van der Waals surface area contributed by atoms with Crippen LogP contribution in [0.15, 0.2) is 64.8 Å². The number of nitrogens with zero attached hydrogens (tertiary/aromatic N) is 4. The number of aromatic amines is 1. The molecule has 0 radical (unpaired) electrons. The topological polar surface area (TPSA) is 87.9 Å². The van der Waals surface area contributed by atoms with Crippen LogP contribution in [-0.2, 0) is 0 Å². The maximum Gasteiger partial charge on any atom is 0.274 e. The fraction of sp³-hybridized carbons (Fsp3) is 0.200. The van der Waals surface area contributed by atoms with E-state index in [1.807, 2.05) is 46.7 Å². The van der Waals surface area contributed by atoms with Crippen molar-refractivity contribution in [1.29, 1.82) is 0 Å². The van der Waals surface area contributed by atoms with E-state index in [0.29, 0.717) is 24.6 Å². The van der Waals surface area contributed by atoms with Crippen LogP contribution in [-0.4, -0.2) is 44.2 Å². The van der Waals surface area contributed by atoms with Gasteiger partial charge < -0.3 is 9.42 Å². The summed E-state index contributed by atoms with van der Waals surface area (Å²) in [5, 5.41) is 13.2. The number of rotatable bonds is 4. The molecule has 1 aliphatic rings. The molecule has 2 atom stereocenters. The minimum atomic E-state index is -0.0917. The van der Waals surface area contributed by atoms with Gasteiger partial charge in [0.05, 0.1) is 10.6 Å². The summed E-state index contributed by atoms with van der Waals surface area (Å²) in [4.78, 5) is 20.2. The Labute approximate surface area is 165 Å². The minimum absolute atomic E-state index is 0.0131. The first kappa shape index (κ1) is 16.9. The van der Waals surface area contributed by atoms with Crippen molar-refractivity contribution in [3.8, 4) is 10.6 Å². The Hall–Kier alpha value is -3.26. The van der Waals surface area contributed by atoms with E-state index in [9.17, 15) is 4.79 Å². The number of amides is 1. The zero-order chi connectivity index (χ0) is 18.9. The Morgan fingerprint density at radius 3 is 2.75 bits per heavy atom. The highest BCUT2D eigenvalue weighted by Crippen LogP contribution is 2.38. The smallest absolute Gasteiger partial charge is 0.274 e. The van der Waals surface area contributed by atoms with Gasteiger partial charge in [-0.15, -0.1) is 11.3 Å². The molecular formula is C20H17N5O2S. The highest BCUT2D eigenvalue weighted by molar-refractivity contribution is 7.13. The first-order chi connectivity index (χ1) is 13.8. The molecule has 0 saturated carbocycles. The van der Waals surface area contributed by atoms with E-state index in [-0.39, 0.29) is 17.7 Å². The Kier molecular flexibility index (Phi) is 4.25. The van der Waals surface area contributed by atoms with Crippen LogP contribution in [0.3, 0.4) is 0 Å². The molecule has 1 aromatic carbocycles. The third-order valence-corrected chi connectivity index (χ3v) is 6.03. The average Bonchev–Trinajstić information content (AvgIpc) is 3.53. The molecule has 8 heteroatoms. The molecule has 0 spiro atoms. The average molecular weight is 391 g/mol. The molecule has 1 aliphatic heterocycles. The van der Waals surface area contributed by atoms with Gasteiger partial charge in [0, 0.05) is 24.9 Å². The summed E-state index contributed by atoms with van der Waals surface area (Å²) in [7, 11) is 0. The number of benzene rings is 1. The summed E-state index contributed by atoms with van der Waals surface area (Å²) in [5.74, 6) is 0.635. The van der Waals surface area contributed by atoms with Crippen LogP contribution in [0, 0.1) is 0 Å².